The van der Waals surface area contributed by atoms with Gasteiger partial charge in [0.25, 0.3) is 0 Å². The molecule has 1 N–H and O–H groups in total. The lowest BCUT2D eigenvalue weighted by Crippen LogP contribution is -2.36. The number of aromatic nitrogens is 1. The van der Waals surface area contributed by atoms with Crippen LogP contribution in [0.5, 0.6) is 5.75 Å². The lowest BCUT2D eigenvalue weighted by Gasteiger charge is -2.22. The highest BCUT2D eigenvalue weighted by Gasteiger charge is 2.33. The molecule has 0 bridgehead atoms. The first-order valence-corrected chi connectivity index (χ1v) is 9.96. The topological polar surface area (TPSA) is 63.7 Å². The largest absolute Gasteiger partial charge is 0.491 e. The zero-order chi connectivity index (χ0) is 17.8. The second-order valence-corrected chi connectivity index (χ2v) is 7.66. The predicted molar refractivity (Wildman–Crippen MR) is 101 cm³/mol. The van der Waals surface area contributed by atoms with E-state index in [0.29, 0.717) is 19.2 Å². The lowest BCUT2D eigenvalue weighted by atomic mass is 10.2. The van der Waals surface area contributed by atoms with Crippen molar-refractivity contribution in [1.82, 2.24) is 9.88 Å². The lowest BCUT2D eigenvalue weighted by molar-refractivity contribution is 0.0679. The number of benzene rings is 1. The zero-order valence-corrected chi connectivity index (χ0v) is 15.4. The number of hydrogen-bond acceptors (Lipinski definition) is 5. The number of nitrogens with zero attached hydrogens (tertiary/aromatic N) is 2. The minimum Gasteiger partial charge on any atom is -0.491 e. The van der Waals surface area contributed by atoms with Crippen molar-refractivity contribution in [1.29, 1.82) is 0 Å². The molecule has 6 nitrogen and oxygen atoms in total. The van der Waals surface area contributed by atoms with Crippen LogP contribution < -0.4 is 10.1 Å². The molecule has 2 amide bonds. The fourth-order valence-electron chi connectivity index (χ4n) is 3.02. The molecule has 1 aliphatic carbocycles. The number of hydrogen-bond donors (Lipinski definition) is 1. The molecule has 1 saturated heterocycles. The summed E-state index contributed by atoms with van der Waals surface area (Å²) in [5.41, 5.74) is 0.768. The smallest absolute Gasteiger partial charge is 0.322 e. The first-order chi connectivity index (χ1) is 12.8. The molecule has 2 aromatic rings. The van der Waals surface area contributed by atoms with Crippen molar-refractivity contribution in [2.45, 2.75) is 44.4 Å². The van der Waals surface area contributed by atoms with Crippen LogP contribution in [-0.4, -0.2) is 41.3 Å². The number of urea groups is 1. The number of carbonyl (C=O) groups excluding carboxylic acids is 1. The van der Waals surface area contributed by atoms with Crippen LogP contribution in [0, 0.1) is 0 Å². The van der Waals surface area contributed by atoms with Gasteiger partial charge >= 0.3 is 6.03 Å². The maximum Gasteiger partial charge on any atom is 0.322 e. The average molecular weight is 373 g/mol. The van der Waals surface area contributed by atoms with Crippen LogP contribution >= 0.6 is 11.3 Å². The summed E-state index contributed by atoms with van der Waals surface area (Å²) in [6, 6.07) is 7.76. The fourth-order valence-corrected chi connectivity index (χ4v) is 3.64. The van der Waals surface area contributed by atoms with E-state index >= 15 is 0 Å². The summed E-state index contributed by atoms with van der Waals surface area (Å²) in [4.78, 5) is 18.8. The van der Waals surface area contributed by atoms with Crippen LogP contribution in [0.25, 0.3) is 0 Å². The van der Waals surface area contributed by atoms with Crippen molar-refractivity contribution in [2.24, 2.45) is 0 Å². The monoisotopic (exact) mass is 373 g/mol. The van der Waals surface area contributed by atoms with Crippen LogP contribution in [0.3, 0.4) is 0 Å². The van der Waals surface area contributed by atoms with Gasteiger partial charge in [-0.3, -0.25) is 0 Å². The molecule has 0 unspecified atom stereocenters. The first-order valence-electron chi connectivity index (χ1n) is 9.08. The van der Waals surface area contributed by atoms with E-state index in [1.165, 1.54) is 0 Å². The van der Waals surface area contributed by atoms with E-state index in [-0.39, 0.29) is 12.1 Å². The van der Waals surface area contributed by atoms with Gasteiger partial charge in [0.05, 0.1) is 12.6 Å². The molecule has 1 saturated carbocycles. The molecule has 2 aliphatic rings. The molecule has 26 heavy (non-hydrogen) atoms. The third-order valence-electron chi connectivity index (χ3n) is 4.60. The van der Waals surface area contributed by atoms with Crippen molar-refractivity contribution in [3.8, 4) is 5.75 Å². The van der Waals surface area contributed by atoms with Crippen LogP contribution in [0.1, 0.15) is 30.7 Å². The molecule has 1 atom stereocenters. The third-order valence-corrected chi connectivity index (χ3v) is 5.37. The van der Waals surface area contributed by atoms with Gasteiger partial charge in [-0.25, -0.2) is 9.78 Å². The number of thiazole rings is 1. The van der Waals surface area contributed by atoms with Crippen LogP contribution in [0.15, 0.2) is 35.8 Å². The molecular formula is C19H23N3O3S. The number of carbonyl (C=O) groups is 1. The van der Waals surface area contributed by atoms with Crippen LogP contribution in [0.2, 0.25) is 0 Å². The summed E-state index contributed by atoms with van der Waals surface area (Å²) < 4.78 is 11.3. The van der Waals surface area contributed by atoms with Crippen LogP contribution in [-0.2, 0) is 11.3 Å². The number of anilines is 1. The quantitative estimate of drug-likeness (QED) is 0.799. The minimum atomic E-state index is -0.0734. The summed E-state index contributed by atoms with van der Waals surface area (Å²) in [6.45, 7) is 1.98. The highest BCUT2D eigenvalue weighted by molar-refractivity contribution is 7.09. The number of ether oxygens (including phenoxy) is 2. The molecule has 7 heteroatoms. The summed E-state index contributed by atoms with van der Waals surface area (Å²) in [7, 11) is 0. The van der Waals surface area contributed by atoms with Crippen molar-refractivity contribution in [3.63, 3.8) is 0 Å². The molecule has 2 fully saturated rings. The predicted octanol–water partition coefficient (Wildman–Crippen LogP) is 3.90. The maximum atomic E-state index is 12.6. The second-order valence-electron chi connectivity index (χ2n) is 6.69. The Labute approximate surface area is 157 Å². The number of rotatable bonds is 7. The van der Waals surface area contributed by atoms with E-state index < -0.39 is 0 Å². The molecule has 0 spiro atoms. The Kier molecular flexibility index (Phi) is 5.36. The Hall–Kier alpha value is -2.12. The van der Waals surface area contributed by atoms with Gasteiger partial charge in [-0.05, 0) is 49.9 Å². The Morgan fingerprint density at radius 2 is 2.15 bits per heavy atom. The van der Waals surface area contributed by atoms with Crippen molar-refractivity contribution in [3.05, 3.63) is 40.8 Å². The summed E-state index contributed by atoms with van der Waals surface area (Å²) in [6.07, 6.45) is 6.27. The van der Waals surface area contributed by atoms with E-state index in [1.807, 2.05) is 34.5 Å². The summed E-state index contributed by atoms with van der Waals surface area (Å²) in [5.74, 6) is 0.792. The minimum absolute atomic E-state index is 0.0734. The van der Waals surface area contributed by atoms with E-state index in [0.717, 1.165) is 48.7 Å². The van der Waals surface area contributed by atoms with E-state index in [1.54, 1.807) is 17.5 Å². The number of nitrogens with one attached hydrogen (secondary N) is 1. The highest BCUT2D eigenvalue weighted by atomic mass is 32.1. The first kappa shape index (κ1) is 17.3. The maximum absolute atomic E-state index is 12.6. The number of amides is 2. The van der Waals surface area contributed by atoms with Crippen molar-refractivity contribution in [2.75, 3.05) is 18.5 Å². The molecule has 0 radical (unpaired) electrons. The summed E-state index contributed by atoms with van der Waals surface area (Å²) in [5, 5.41) is 5.88. The third kappa shape index (κ3) is 4.53. The molecule has 1 aromatic heterocycles. The van der Waals surface area contributed by atoms with Gasteiger partial charge < -0.3 is 19.7 Å². The SMILES string of the molecule is O=C(Nc1ccc(OC[C@@H]2CCCO2)cc1)N(Cc1nccs1)C1CC1. The van der Waals surface area contributed by atoms with Crippen LogP contribution in [0.4, 0.5) is 10.5 Å². The van der Waals surface area contributed by atoms with Gasteiger partial charge in [0.1, 0.15) is 17.4 Å². The second kappa shape index (κ2) is 8.05. The Balaban J connectivity index is 1.31. The highest BCUT2D eigenvalue weighted by Crippen LogP contribution is 2.29. The van der Waals surface area contributed by atoms with Gasteiger partial charge in [0, 0.05) is 29.9 Å². The van der Waals surface area contributed by atoms with Crippen molar-refractivity contribution >= 4 is 23.1 Å². The van der Waals surface area contributed by atoms with Gasteiger partial charge in [0.15, 0.2) is 0 Å². The molecule has 138 valence electrons. The van der Waals surface area contributed by atoms with E-state index in [4.69, 9.17) is 9.47 Å². The van der Waals surface area contributed by atoms with Crippen molar-refractivity contribution < 1.29 is 14.3 Å². The zero-order valence-electron chi connectivity index (χ0n) is 14.6. The Bertz CT molecular complexity index is 710. The summed E-state index contributed by atoms with van der Waals surface area (Å²) >= 11 is 1.58. The Morgan fingerprint density at radius 3 is 2.81 bits per heavy atom. The van der Waals surface area contributed by atoms with E-state index in [9.17, 15) is 4.79 Å². The van der Waals surface area contributed by atoms with Gasteiger partial charge in [0.2, 0.25) is 0 Å². The molecule has 1 aliphatic heterocycles. The van der Waals surface area contributed by atoms with Gasteiger partial charge in [-0.1, -0.05) is 0 Å². The average Bonchev–Trinajstić information content (AvgIpc) is 3.13. The van der Waals surface area contributed by atoms with E-state index in [2.05, 4.69) is 10.3 Å². The van der Waals surface area contributed by atoms with Gasteiger partial charge in [-0.2, -0.15) is 0 Å². The fraction of sp³-hybridized carbons (Fsp3) is 0.474. The Morgan fingerprint density at radius 1 is 1.31 bits per heavy atom. The molecule has 4 rings (SSSR count). The molecule has 2 heterocycles. The van der Waals surface area contributed by atoms with Gasteiger partial charge in [-0.15, -0.1) is 11.3 Å². The normalized spacial score (nSPS) is 19.3. The molecule has 1 aromatic carbocycles. The molecular weight excluding hydrogens is 350 g/mol. The standard InChI is InChI=1S/C19H23N3O3S/c23-19(22(15-5-6-15)12-18-20-9-11-26-18)21-14-3-7-16(8-4-14)25-13-17-2-1-10-24-17/h3-4,7-9,11,15,17H,1-2,5-6,10,12-13H2,(H,21,23)/t17-/m0/s1.